The van der Waals surface area contributed by atoms with E-state index in [1.54, 1.807) is 6.26 Å². The summed E-state index contributed by atoms with van der Waals surface area (Å²) in [4.78, 5) is 2.13. The van der Waals surface area contributed by atoms with Gasteiger partial charge in [-0.3, -0.25) is 0 Å². The summed E-state index contributed by atoms with van der Waals surface area (Å²) in [5.74, 6) is 0.921. The SMILES string of the molecule is CCN(CC)c1ccon1. The molecular formula is C7H12N2O. The van der Waals surface area contributed by atoms with Crippen molar-refractivity contribution in [3.05, 3.63) is 12.3 Å². The molecule has 3 heteroatoms. The first-order valence-corrected chi connectivity index (χ1v) is 3.53. The minimum Gasteiger partial charge on any atom is -0.363 e. The highest BCUT2D eigenvalue weighted by Gasteiger charge is 2.02. The number of hydrogen-bond acceptors (Lipinski definition) is 3. The zero-order valence-electron chi connectivity index (χ0n) is 6.37. The number of hydrogen-bond donors (Lipinski definition) is 0. The molecule has 0 saturated heterocycles. The van der Waals surface area contributed by atoms with Crippen LogP contribution in [0, 0.1) is 0 Å². The normalized spacial score (nSPS) is 9.80. The van der Waals surface area contributed by atoms with Crippen molar-refractivity contribution < 1.29 is 4.52 Å². The smallest absolute Gasteiger partial charge is 0.171 e. The molecule has 0 aliphatic rings. The van der Waals surface area contributed by atoms with Gasteiger partial charge in [-0.25, -0.2) is 0 Å². The van der Waals surface area contributed by atoms with Crippen LogP contribution in [0.1, 0.15) is 13.8 Å². The van der Waals surface area contributed by atoms with Crippen LogP contribution >= 0.6 is 0 Å². The molecule has 1 aromatic heterocycles. The summed E-state index contributed by atoms with van der Waals surface area (Å²) >= 11 is 0. The predicted molar refractivity (Wildman–Crippen MR) is 40.1 cm³/mol. The van der Waals surface area contributed by atoms with Crippen LogP contribution in [0.15, 0.2) is 16.9 Å². The van der Waals surface area contributed by atoms with Crippen molar-refractivity contribution >= 4 is 5.82 Å². The summed E-state index contributed by atoms with van der Waals surface area (Å²) in [6, 6.07) is 1.87. The van der Waals surface area contributed by atoms with E-state index in [9.17, 15) is 0 Å². The fourth-order valence-corrected chi connectivity index (χ4v) is 0.917. The van der Waals surface area contributed by atoms with Crippen molar-refractivity contribution in [2.24, 2.45) is 0 Å². The molecule has 0 spiro atoms. The Balaban J connectivity index is 2.64. The first-order valence-electron chi connectivity index (χ1n) is 3.53. The average molecular weight is 140 g/mol. The maximum absolute atomic E-state index is 4.71. The molecule has 0 atom stereocenters. The van der Waals surface area contributed by atoms with Gasteiger partial charge in [0.15, 0.2) is 5.82 Å². The van der Waals surface area contributed by atoms with E-state index in [-0.39, 0.29) is 0 Å². The first-order chi connectivity index (χ1) is 4.88. The Morgan fingerprint density at radius 1 is 1.50 bits per heavy atom. The summed E-state index contributed by atoms with van der Waals surface area (Å²) < 4.78 is 4.71. The third-order valence-corrected chi connectivity index (χ3v) is 1.51. The second-order valence-electron chi connectivity index (χ2n) is 2.03. The maximum atomic E-state index is 4.71. The van der Waals surface area contributed by atoms with Crippen molar-refractivity contribution in [2.45, 2.75) is 13.8 Å². The highest BCUT2D eigenvalue weighted by Crippen LogP contribution is 2.07. The average Bonchev–Trinajstić information content (AvgIpc) is 2.43. The van der Waals surface area contributed by atoms with Crippen molar-refractivity contribution in [3.63, 3.8) is 0 Å². The Bertz CT molecular complexity index is 168. The summed E-state index contributed by atoms with van der Waals surface area (Å²) in [6.07, 6.45) is 1.59. The van der Waals surface area contributed by atoms with E-state index >= 15 is 0 Å². The third kappa shape index (κ3) is 1.29. The molecule has 0 aliphatic carbocycles. The van der Waals surface area contributed by atoms with Crippen LogP contribution < -0.4 is 4.90 Å². The van der Waals surface area contributed by atoms with E-state index in [0.717, 1.165) is 18.9 Å². The zero-order valence-corrected chi connectivity index (χ0v) is 6.37. The molecule has 0 fully saturated rings. The molecule has 1 aromatic rings. The molecule has 10 heavy (non-hydrogen) atoms. The monoisotopic (exact) mass is 140 g/mol. The van der Waals surface area contributed by atoms with Crippen LogP contribution in [-0.4, -0.2) is 18.2 Å². The summed E-state index contributed by atoms with van der Waals surface area (Å²) in [7, 11) is 0. The van der Waals surface area contributed by atoms with Gasteiger partial charge in [0.1, 0.15) is 6.26 Å². The molecule has 0 saturated carbocycles. The minimum absolute atomic E-state index is 0.921. The summed E-state index contributed by atoms with van der Waals surface area (Å²) in [6.45, 7) is 6.14. The van der Waals surface area contributed by atoms with Crippen molar-refractivity contribution in [1.29, 1.82) is 0 Å². The minimum atomic E-state index is 0.921. The number of aromatic nitrogens is 1. The molecule has 0 N–H and O–H groups in total. The number of anilines is 1. The van der Waals surface area contributed by atoms with Crippen LogP contribution in [0.4, 0.5) is 5.82 Å². The van der Waals surface area contributed by atoms with Crippen molar-refractivity contribution in [2.75, 3.05) is 18.0 Å². The summed E-state index contributed by atoms with van der Waals surface area (Å²) in [5, 5.41) is 3.81. The van der Waals surface area contributed by atoms with Gasteiger partial charge >= 0.3 is 0 Å². The quantitative estimate of drug-likeness (QED) is 0.637. The zero-order chi connectivity index (χ0) is 7.40. The standard InChI is InChI=1S/C7H12N2O/c1-3-9(4-2)7-5-6-10-8-7/h5-6H,3-4H2,1-2H3. The van der Waals surface area contributed by atoms with Gasteiger partial charge in [-0.15, -0.1) is 0 Å². The van der Waals surface area contributed by atoms with Gasteiger partial charge < -0.3 is 9.42 Å². The summed E-state index contributed by atoms with van der Waals surface area (Å²) in [5.41, 5.74) is 0. The largest absolute Gasteiger partial charge is 0.363 e. The molecule has 0 aromatic carbocycles. The van der Waals surface area contributed by atoms with E-state index in [1.165, 1.54) is 0 Å². The Morgan fingerprint density at radius 3 is 2.60 bits per heavy atom. The molecule has 3 nitrogen and oxygen atoms in total. The molecule has 0 amide bonds. The highest BCUT2D eigenvalue weighted by molar-refractivity contribution is 5.34. The Kier molecular flexibility index (Phi) is 2.31. The van der Waals surface area contributed by atoms with Gasteiger partial charge in [0.25, 0.3) is 0 Å². The van der Waals surface area contributed by atoms with Gasteiger partial charge in [0.2, 0.25) is 0 Å². The first kappa shape index (κ1) is 7.12. The maximum Gasteiger partial charge on any atom is 0.171 e. The van der Waals surface area contributed by atoms with Crippen LogP contribution in [0.25, 0.3) is 0 Å². The van der Waals surface area contributed by atoms with Crippen LogP contribution in [0.2, 0.25) is 0 Å². The lowest BCUT2D eigenvalue weighted by Gasteiger charge is -2.15. The molecule has 0 bridgehead atoms. The van der Waals surface area contributed by atoms with Crippen LogP contribution in [-0.2, 0) is 0 Å². The van der Waals surface area contributed by atoms with Crippen LogP contribution in [0.5, 0.6) is 0 Å². The lowest BCUT2D eigenvalue weighted by molar-refractivity contribution is 0.419. The number of nitrogens with zero attached hydrogens (tertiary/aromatic N) is 2. The molecular weight excluding hydrogens is 128 g/mol. The second-order valence-corrected chi connectivity index (χ2v) is 2.03. The van der Waals surface area contributed by atoms with Crippen molar-refractivity contribution in [1.82, 2.24) is 5.16 Å². The van der Waals surface area contributed by atoms with Gasteiger partial charge in [0, 0.05) is 19.2 Å². The number of rotatable bonds is 3. The Hall–Kier alpha value is -0.990. The second kappa shape index (κ2) is 3.25. The van der Waals surface area contributed by atoms with Gasteiger partial charge in [-0.05, 0) is 13.8 Å². The van der Waals surface area contributed by atoms with E-state index in [1.807, 2.05) is 6.07 Å². The molecule has 0 aliphatic heterocycles. The van der Waals surface area contributed by atoms with E-state index in [2.05, 4.69) is 23.9 Å². The molecule has 1 rings (SSSR count). The predicted octanol–water partition coefficient (Wildman–Crippen LogP) is 1.52. The Labute approximate surface area is 60.6 Å². The van der Waals surface area contributed by atoms with Crippen molar-refractivity contribution in [3.8, 4) is 0 Å². The molecule has 1 heterocycles. The molecule has 0 radical (unpaired) electrons. The van der Waals surface area contributed by atoms with Gasteiger partial charge in [-0.1, -0.05) is 5.16 Å². The molecule has 56 valence electrons. The topological polar surface area (TPSA) is 29.3 Å². The fourth-order valence-electron chi connectivity index (χ4n) is 0.917. The molecule has 0 unspecified atom stereocenters. The van der Waals surface area contributed by atoms with Gasteiger partial charge in [0.05, 0.1) is 0 Å². The third-order valence-electron chi connectivity index (χ3n) is 1.51. The van der Waals surface area contributed by atoms with E-state index in [0.29, 0.717) is 0 Å². The Morgan fingerprint density at radius 2 is 2.20 bits per heavy atom. The fraction of sp³-hybridized carbons (Fsp3) is 0.571. The van der Waals surface area contributed by atoms with Crippen LogP contribution in [0.3, 0.4) is 0 Å². The van der Waals surface area contributed by atoms with Gasteiger partial charge in [-0.2, -0.15) is 0 Å². The lowest BCUT2D eigenvalue weighted by Crippen LogP contribution is -2.21. The van der Waals surface area contributed by atoms with E-state index in [4.69, 9.17) is 4.52 Å². The van der Waals surface area contributed by atoms with E-state index < -0.39 is 0 Å². The lowest BCUT2D eigenvalue weighted by atomic mass is 10.5. The highest BCUT2D eigenvalue weighted by atomic mass is 16.5.